The molecule has 0 atom stereocenters. The number of hydrogen-bond donors (Lipinski definition) is 2. The average Bonchev–Trinajstić information content (AvgIpc) is 2.56. The Morgan fingerprint density at radius 3 is 2.22 bits per heavy atom. The van der Waals surface area contributed by atoms with Gasteiger partial charge in [-0.25, -0.2) is 4.98 Å². The van der Waals surface area contributed by atoms with E-state index >= 15 is 0 Å². The zero-order chi connectivity index (χ0) is 16.1. The van der Waals surface area contributed by atoms with Gasteiger partial charge in [-0.3, -0.25) is 0 Å². The highest BCUT2D eigenvalue weighted by atomic mass is 16.5. The summed E-state index contributed by atoms with van der Waals surface area (Å²) in [5, 5.41) is 6.48. The summed E-state index contributed by atoms with van der Waals surface area (Å²) in [5.41, 5.74) is 2.78. The van der Waals surface area contributed by atoms with E-state index in [9.17, 15) is 0 Å². The largest absolute Gasteiger partial charge is 0.497 e. The number of para-hydroxylation sites is 1. The molecule has 3 rings (SSSR count). The highest BCUT2D eigenvalue weighted by Gasteiger charge is 2.04. The van der Waals surface area contributed by atoms with E-state index in [-0.39, 0.29) is 0 Å². The first-order valence-electron chi connectivity index (χ1n) is 7.32. The first kappa shape index (κ1) is 14.8. The number of benzene rings is 2. The first-order chi connectivity index (χ1) is 11.2. The van der Waals surface area contributed by atoms with Crippen LogP contribution in [0, 0.1) is 6.92 Å². The molecule has 5 nitrogen and oxygen atoms in total. The Kier molecular flexibility index (Phi) is 4.38. The number of aromatic nitrogens is 2. The summed E-state index contributed by atoms with van der Waals surface area (Å²) in [5.74, 6) is 2.12. The fourth-order valence-electron chi connectivity index (χ4n) is 2.16. The topological polar surface area (TPSA) is 59.1 Å². The molecule has 0 aliphatic carbocycles. The number of ether oxygens (including phenoxy) is 1. The second-order valence-corrected chi connectivity index (χ2v) is 5.06. The van der Waals surface area contributed by atoms with Crippen molar-refractivity contribution in [2.45, 2.75) is 6.92 Å². The van der Waals surface area contributed by atoms with Gasteiger partial charge in [0.1, 0.15) is 11.6 Å². The molecule has 2 aromatic carbocycles. The lowest BCUT2D eigenvalue weighted by Gasteiger charge is -2.10. The maximum Gasteiger partial charge on any atom is 0.229 e. The van der Waals surface area contributed by atoms with Gasteiger partial charge in [0, 0.05) is 23.1 Å². The summed E-state index contributed by atoms with van der Waals surface area (Å²) in [6.07, 6.45) is 0. The summed E-state index contributed by atoms with van der Waals surface area (Å²) in [4.78, 5) is 8.92. The normalized spacial score (nSPS) is 10.2. The molecule has 3 aromatic rings. The van der Waals surface area contributed by atoms with Gasteiger partial charge in [0.25, 0.3) is 0 Å². The Balaban J connectivity index is 1.79. The molecule has 23 heavy (non-hydrogen) atoms. The van der Waals surface area contributed by atoms with Crippen LogP contribution in [0.5, 0.6) is 5.75 Å². The van der Waals surface area contributed by atoms with E-state index in [0.29, 0.717) is 5.95 Å². The quantitative estimate of drug-likeness (QED) is 0.736. The molecule has 2 N–H and O–H groups in total. The van der Waals surface area contributed by atoms with Crippen LogP contribution in [0.25, 0.3) is 0 Å². The van der Waals surface area contributed by atoms with Crippen LogP contribution < -0.4 is 15.4 Å². The van der Waals surface area contributed by atoms with Crippen molar-refractivity contribution in [2.75, 3.05) is 17.7 Å². The number of hydrogen-bond acceptors (Lipinski definition) is 5. The molecule has 0 aliphatic heterocycles. The summed E-state index contributed by atoms with van der Waals surface area (Å²) in [6, 6.07) is 19.5. The number of aryl methyl sites for hydroxylation is 1. The summed E-state index contributed by atoms with van der Waals surface area (Å²) < 4.78 is 5.16. The van der Waals surface area contributed by atoms with Crippen molar-refractivity contribution in [3.63, 3.8) is 0 Å². The smallest absolute Gasteiger partial charge is 0.229 e. The number of anilines is 4. The molecule has 1 aromatic heterocycles. The molecule has 1 heterocycles. The lowest BCUT2D eigenvalue weighted by atomic mass is 10.3. The van der Waals surface area contributed by atoms with Crippen molar-refractivity contribution >= 4 is 23.1 Å². The van der Waals surface area contributed by atoms with E-state index < -0.39 is 0 Å². The summed E-state index contributed by atoms with van der Waals surface area (Å²) >= 11 is 0. The van der Waals surface area contributed by atoms with Crippen molar-refractivity contribution in [1.82, 2.24) is 9.97 Å². The van der Waals surface area contributed by atoms with Crippen molar-refractivity contribution in [3.05, 3.63) is 66.4 Å². The minimum atomic E-state index is 0.562. The van der Waals surface area contributed by atoms with Crippen LogP contribution in [0.1, 0.15) is 5.69 Å². The van der Waals surface area contributed by atoms with Crippen LogP contribution in [0.2, 0.25) is 0 Å². The average molecular weight is 306 g/mol. The van der Waals surface area contributed by atoms with Crippen LogP contribution in [0.3, 0.4) is 0 Å². The molecular formula is C18H18N4O. The number of rotatable bonds is 5. The van der Waals surface area contributed by atoms with Crippen LogP contribution in [-0.2, 0) is 0 Å². The third kappa shape index (κ3) is 3.97. The molecule has 0 saturated heterocycles. The zero-order valence-corrected chi connectivity index (χ0v) is 13.1. The van der Waals surface area contributed by atoms with Crippen LogP contribution in [-0.4, -0.2) is 17.1 Å². The number of nitrogens with one attached hydrogen (secondary N) is 2. The number of methoxy groups -OCH3 is 1. The zero-order valence-electron chi connectivity index (χ0n) is 13.1. The lowest BCUT2D eigenvalue weighted by Crippen LogP contribution is -2.02. The standard InChI is InChI=1S/C18H18N4O/c1-13-12-17(20-15-8-10-16(23-2)11-9-15)22-18(19-13)21-14-6-4-3-5-7-14/h3-12H,1-2H3,(H2,19,20,21,22). The van der Waals surface area contributed by atoms with Crippen LogP contribution in [0.15, 0.2) is 60.7 Å². The van der Waals surface area contributed by atoms with E-state index in [4.69, 9.17) is 4.74 Å². The van der Waals surface area contributed by atoms with E-state index in [2.05, 4.69) is 20.6 Å². The van der Waals surface area contributed by atoms with Gasteiger partial charge in [-0.05, 0) is 43.3 Å². The Hall–Kier alpha value is -3.08. The van der Waals surface area contributed by atoms with Gasteiger partial charge in [0.05, 0.1) is 7.11 Å². The fraction of sp³-hybridized carbons (Fsp3) is 0.111. The van der Waals surface area contributed by atoms with Gasteiger partial charge >= 0.3 is 0 Å². The van der Waals surface area contributed by atoms with E-state index in [1.54, 1.807) is 7.11 Å². The van der Waals surface area contributed by atoms with Gasteiger partial charge < -0.3 is 15.4 Å². The number of nitrogens with zero attached hydrogens (tertiary/aromatic N) is 2. The van der Waals surface area contributed by atoms with Crippen molar-refractivity contribution in [1.29, 1.82) is 0 Å². The van der Waals surface area contributed by atoms with Crippen LogP contribution >= 0.6 is 0 Å². The molecule has 5 heteroatoms. The minimum absolute atomic E-state index is 0.562. The summed E-state index contributed by atoms with van der Waals surface area (Å²) in [6.45, 7) is 1.94. The second kappa shape index (κ2) is 6.79. The van der Waals surface area contributed by atoms with E-state index in [1.165, 1.54) is 0 Å². The van der Waals surface area contributed by atoms with Gasteiger partial charge in [0.15, 0.2) is 0 Å². The first-order valence-corrected chi connectivity index (χ1v) is 7.32. The second-order valence-electron chi connectivity index (χ2n) is 5.06. The van der Waals surface area contributed by atoms with Gasteiger partial charge in [0.2, 0.25) is 5.95 Å². The Morgan fingerprint density at radius 1 is 0.826 bits per heavy atom. The van der Waals surface area contributed by atoms with Crippen LogP contribution in [0.4, 0.5) is 23.1 Å². The van der Waals surface area contributed by atoms with E-state index in [0.717, 1.165) is 28.6 Å². The molecular weight excluding hydrogens is 288 g/mol. The molecule has 0 radical (unpaired) electrons. The Morgan fingerprint density at radius 2 is 1.52 bits per heavy atom. The molecule has 0 amide bonds. The predicted octanol–water partition coefficient (Wildman–Crippen LogP) is 4.28. The molecule has 0 saturated carbocycles. The Bertz CT molecular complexity index is 773. The third-order valence-electron chi connectivity index (χ3n) is 3.25. The third-order valence-corrected chi connectivity index (χ3v) is 3.25. The summed E-state index contributed by atoms with van der Waals surface area (Å²) in [7, 11) is 1.65. The molecule has 0 fully saturated rings. The molecule has 0 spiro atoms. The predicted molar refractivity (Wildman–Crippen MR) is 92.8 cm³/mol. The van der Waals surface area contributed by atoms with Gasteiger partial charge in [-0.2, -0.15) is 4.98 Å². The minimum Gasteiger partial charge on any atom is -0.497 e. The highest BCUT2D eigenvalue weighted by molar-refractivity contribution is 5.60. The van der Waals surface area contributed by atoms with Crippen molar-refractivity contribution < 1.29 is 4.74 Å². The van der Waals surface area contributed by atoms with Crippen molar-refractivity contribution in [3.8, 4) is 5.75 Å². The fourth-order valence-corrected chi connectivity index (χ4v) is 2.16. The van der Waals surface area contributed by atoms with E-state index in [1.807, 2.05) is 67.6 Å². The maximum absolute atomic E-state index is 5.16. The molecule has 0 bridgehead atoms. The Labute approximate surface area is 135 Å². The SMILES string of the molecule is COc1ccc(Nc2cc(C)nc(Nc3ccccc3)n2)cc1. The maximum atomic E-state index is 5.16. The molecule has 116 valence electrons. The van der Waals surface area contributed by atoms with Crippen molar-refractivity contribution in [2.24, 2.45) is 0 Å². The molecule has 0 aliphatic rings. The monoisotopic (exact) mass is 306 g/mol. The lowest BCUT2D eigenvalue weighted by molar-refractivity contribution is 0.415. The molecule has 0 unspecified atom stereocenters. The van der Waals surface area contributed by atoms with Gasteiger partial charge in [-0.1, -0.05) is 18.2 Å². The van der Waals surface area contributed by atoms with Gasteiger partial charge in [-0.15, -0.1) is 0 Å². The highest BCUT2D eigenvalue weighted by Crippen LogP contribution is 2.21.